The van der Waals surface area contributed by atoms with Gasteiger partial charge < -0.3 is 9.47 Å². The third-order valence-corrected chi connectivity index (χ3v) is 11.0. The molecule has 12 heteroatoms. The number of hydrogen-bond donors (Lipinski definition) is 0. The molecule has 1 unspecified atom stereocenters. The molecule has 0 saturated heterocycles. The zero-order chi connectivity index (χ0) is 32.4. The normalized spacial score (nSPS) is 16.2. The highest BCUT2D eigenvalue weighted by molar-refractivity contribution is 7.99. The summed E-state index contributed by atoms with van der Waals surface area (Å²) < 4.78 is 13.0. The summed E-state index contributed by atoms with van der Waals surface area (Å²) in [6.07, 6.45) is 6.95. The van der Waals surface area contributed by atoms with Crippen molar-refractivity contribution >= 4 is 56.2 Å². The van der Waals surface area contributed by atoms with Gasteiger partial charge in [-0.25, -0.2) is 4.98 Å². The maximum Gasteiger partial charge on any atom is 0.263 e. The highest BCUT2D eigenvalue weighted by atomic mass is 32.2. The molecular weight excluding hydrogens is 641 g/mol. The number of ketones is 2. The van der Waals surface area contributed by atoms with Gasteiger partial charge in [-0.1, -0.05) is 42.0 Å². The summed E-state index contributed by atoms with van der Waals surface area (Å²) in [7, 11) is 0. The van der Waals surface area contributed by atoms with Crippen LogP contribution in [0.25, 0.3) is 10.2 Å². The molecule has 3 aromatic heterocycles. The van der Waals surface area contributed by atoms with Gasteiger partial charge in [0, 0.05) is 22.9 Å². The standard InChI is InChI=1S/C34H32N4O5S3/c1-5-12-42-13-14-43-26-17-22(34(4)36-37-34)9-11-23(26)30(40)21-8-10-24-28(16-21)46-31-29(24)32(41)38(18-20(2)3)33(35-31)45-19-25(39)27-7-6-15-44-27/h1,6-7,9,11,15,17,21H,2,8,10,12-14,16,18-19H2,3-4H3. The molecule has 0 saturated carbocycles. The van der Waals surface area contributed by atoms with Crippen molar-refractivity contribution in [1.29, 1.82) is 0 Å². The molecule has 0 fully saturated rings. The second-order valence-electron chi connectivity index (χ2n) is 11.5. The highest BCUT2D eigenvalue weighted by Crippen LogP contribution is 2.42. The Morgan fingerprint density at radius 2 is 2.09 bits per heavy atom. The van der Waals surface area contributed by atoms with Crippen LogP contribution in [-0.4, -0.2) is 46.7 Å². The average Bonchev–Trinajstić information content (AvgIpc) is 3.41. The molecule has 9 nitrogen and oxygen atoms in total. The molecule has 1 aromatic carbocycles. The lowest BCUT2D eigenvalue weighted by atomic mass is 9.82. The SMILES string of the molecule is C#CCOCCOc1cc(C2(C)N=N2)ccc1C(=O)C1CCc2c(sc3nc(SCC(=O)c4cccs4)n(CC(=C)C)c(=O)c23)C1. The number of ether oxygens (including phenoxy) is 2. The lowest BCUT2D eigenvalue weighted by molar-refractivity contribution is 0.0899. The third-order valence-electron chi connectivity index (χ3n) is 7.93. The minimum Gasteiger partial charge on any atom is -0.490 e. The maximum absolute atomic E-state index is 14.0. The van der Waals surface area contributed by atoms with E-state index >= 15 is 0 Å². The van der Waals surface area contributed by atoms with E-state index in [0.717, 1.165) is 21.6 Å². The summed E-state index contributed by atoms with van der Waals surface area (Å²) in [6, 6.07) is 9.15. The number of Topliss-reactive ketones (excluding diaryl/α,β-unsaturated/α-hetero) is 2. The van der Waals surface area contributed by atoms with E-state index in [2.05, 4.69) is 22.7 Å². The fourth-order valence-corrected chi connectivity index (χ4v) is 8.49. The molecule has 0 radical (unpaired) electrons. The Labute approximate surface area is 278 Å². The van der Waals surface area contributed by atoms with Crippen LogP contribution in [0, 0.1) is 18.3 Å². The van der Waals surface area contributed by atoms with Gasteiger partial charge in [0.05, 0.1) is 28.2 Å². The monoisotopic (exact) mass is 672 g/mol. The zero-order valence-corrected chi connectivity index (χ0v) is 28.0. The number of rotatable bonds is 14. The number of thiophene rings is 2. The van der Waals surface area contributed by atoms with Crippen molar-refractivity contribution in [3.8, 4) is 18.1 Å². The summed E-state index contributed by atoms with van der Waals surface area (Å²) in [5, 5.41) is 11.2. The molecule has 2 aliphatic rings. The molecule has 0 spiro atoms. The second kappa shape index (κ2) is 13.5. The highest BCUT2D eigenvalue weighted by Gasteiger charge is 2.38. The molecule has 1 atom stereocenters. The number of terminal acetylenes is 1. The van der Waals surface area contributed by atoms with Gasteiger partial charge in [0.25, 0.3) is 5.56 Å². The third kappa shape index (κ3) is 6.64. The molecule has 236 valence electrons. The number of nitrogens with zero attached hydrogens (tertiary/aromatic N) is 4. The topological polar surface area (TPSA) is 112 Å². The van der Waals surface area contributed by atoms with Crippen molar-refractivity contribution in [2.45, 2.75) is 50.5 Å². The molecule has 1 aliphatic heterocycles. The van der Waals surface area contributed by atoms with Crippen LogP contribution in [0.5, 0.6) is 5.75 Å². The Morgan fingerprint density at radius 3 is 2.80 bits per heavy atom. The van der Waals surface area contributed by atoms with Crippen LogP contribution in [-0.2, 0) is 29.8 Å². The van der Waals surface area contributed by atoms with Gasteiger partial charge in [0.15, 0.2) is 16.7 Å². The molecule has 6 rings (SSSR count). The molecule has 46 heavy (non-hydrogen) atoms. The fraction of sp³-hybridized carbons (Fsp3) is 0.353. The van der Waals surface area contributed by atoms with E-state index in [9.17, 15) is 14.4 Å². The van der Waals surface area contributed by atoms with Crippen molar-refractivity contribution in [3.05, 3.63) is 84.7 Å². The van der Waals surface area contributed by atoms with Crippen LogP contribution in [0.4, 0.5) is 0 Å². The van der Waals surface area contributed by atoms with E-state index in [1.807, 2.05) is 37.4 Å². The first-order valence-electron chi connectivity index (χ1n) is 14.8. The summed E-state index contributed by atoms with van der Waals surface area (Å²) >= 11 is 4.12. The Balaban J connectivity index is 1.26. The van der Waals surface area contributed by atoms with Gasteiger partial charge in [0.2, 0.25) is 5.66 Å². The Bertz CT molecular complexity index is 1960. The van der Waals surface area contributed by atoms with E-state index in [0.29, 0.717) is 64.0 Å². The number of benzene rings is 1. The predicted octanol–water partition coefficient (Wildman–Crippen LogP) is 6.73. The number of allylic oxidation sites excluding steroid dienone is 1. The van der Waals surface area contributed by atoms with Crippen LogP contribution in [0.2, 0.25) is 0 Å². The number of fused-ring (bicyclic) bond motifs is 3. The van der Waals surface area contributed by atoms with Gasteiger partial charge >= 0.3 is 0 Å². The molecule has 4 aromatic rings. The molecule has 0 bridgehead atoms. The van der Waals surface area contributed by atoms with Crippen LogP contribution in [0.3, 0.4) is 0 Å². The van der Waals surface area contributed by atoms with Gasteiger partial charge in [-0.15, -0.1) is 29.1 Å². The van der Waals surface area contributed by atoms with Gasteiger partial charge in [-0.05, 0) is 62.3 Å². The first-order chi connectivity index (χ1) is 22.2. The minimum absolute atomic E-state index is 0.00505. The van der Waals surface area contributed by atoms with Crippen LogP contribution >= 0.6 is 34.4 Å². The number of hydrogen-bond acceptors (Lipinski definition) is 11. The van der Waals surface area contributed by atoms with E-state index < -0.39 is 5.66 Å². The molecule has 0 N–H and O–H groups in total. The van der Waals surface area contributed by atoms with Gasteiger partial charge in [-0.2, -0.15) is 10.2 Å². The van der Waals surface area contributed by atoms with E-state index in [-0.39, 0.29) is 42.0 Å². The maximum atomic E-state index is 14.0. The van der Waals surface area contributed by atoms with Crippen molar-refractivity contribution < 1.29 is 19.1 Å². The fourth-order valence-electron chi connectivity index (χ4n) is 5.51. The Morgan fingerprint density at radius 1 is 1.26 bits per heavy atom. The van der Waals surface area contributed by atoms with Crippen LogP contribution < -0.4 is 10.3 Å². The second-order valence-corrected chi connectivity index (χ2v) is 14.4. The number of thioether (sulfide) groups is 1. The number of aryl methyl sites for hydroxylation is 1. The quantitative estimate of drug-likeness (QED) is 0.0365. The van der Waals surface area contributed by atoms with Crippen molar-refractivity contribution in [2.24, 2.45) is 16.1 Å². The number of carbonyl (C=O) groups is 2. The first kappa shape index (κ1) is 32.1. The van der Waals surface area contributed by atoms with E-state index in [4.69, 9.17) is 20.9 Å². The molecular formula is C34H32N4O5S3. The van der Waals surface area contributed by atoms with Crippen molar-refractivity contribution in [2.75, 3.05) is 25.6 Å². The molecule has 4 heterocycles. The molecule has 1 aliphatic carbocycles. The van der Waals surface area contributed by atoms with E-state index in [1.54, 1.807) is 16.7 Å². The number of carbonyl (C=O) groups excluding carboxylic acids is 2. The number of aromatic nitrogens is 2. The van der Waals surface area contributed by atoms with Crippen molar-refractivity contribution in [1.82, 2.24) is 9.55 Å². The van der Waals surface area contributed by atoms with Gasteiger partial charge in [0.1, 0.15) is 23.8 Å². The lowest BCUT2D eigenvalue weighted by Gasteiger charge is -2.23. The summed E-state index contributed by atoms with van der Waals surface area (Å²) in [5.74, 6) is 2.77. The smallest absolute Gasteiger partial charge is 0.263 e. The van der Waals surface area contributed by atoms with Crippen LogP contribution in [0.1, 0.15) is 56.3 Å². The summed E-state index contributed by atoms with van der Waals surface area (Å²) in [5.41, 5.74) is 2.37. The van der Waals surface area contributed by atoms with E-state index in [1.165, 1.54) is 34.4 Å². The Kier molecular flexibility index (Phi) is 9.38. The largest absolute Gasteiger partial charge is 0.490 e. The van der Waals surface area contributed by atoms with Crippen molar-refractivity contribution in [3.63, 3.8) is 0 Å². The average molecular weight is 673 g/mol. The molecule has 0 amide bonds. The minimum atomic E-state index is -0.616. The predicted molar refractivity (Wildman–Crippen MR) is 182 cm³/mol. The lowest BCUT2D eigenvalue weighted by Crippen LogP contribution is -2.26. The Hall–Kier alpha value is -3.89. The summed E-state index contributed by atoms with van der Waals surface area (Å²) in [6.45, 7) is 8.81. The zero-order valence-electron chi connectivity index (χ0n) is 25.5. The van der Waals surface area contributed by atoms with Crippen LogP contribution in [0.15, 0.2) is 68.0 Å². The summed E-state index contributed by atoms with van der Waals surface area (Å²) in [4.78, 5) is 47.9. The van der Waals surface area contributed by atoms with Gasteiger partial charge in [-0.3, -0.25) is 19.0 Å². The first-order valence-corrected chi connectivity index (χ1v) is 17.5.